The van der Waals surface area contributed by atoms with Gasteiger partial charge >= 0.3 is 0 Å². The summed E-state index contributed by atoms with van der Waals surface area (Å²) in [5, 5.41) is 13.3. The fraction of sp³-hybridized carbons (Fsp3) is 0.632. The molecule has 0 radical (unpaired) electrons. The molecule has 0 aliphatic heterocycles. The van der Waals surface area contributed by atoms with Gasteiger partial charge in [-0.15, -0.1) is 0 Å². The first kappa shape index (κ1) is 17.8. The lowest BCUT2D eigenvalue weighted by Crippen LogP contribution is -2.41. The number of ether oxygens (including phenoxy) is 1. The Morgan fingerprint density at radius 1 is 1.43 bits per heavy atom. The van der Waals surface area contributed by atoms with Crippen LogP contribution in [0.5, 0.6) is 5.75 Å². The maximum Gasteiger partial charge on any atom is 0.223 e. The van der Waals surface area contributed by atoms with Gasteiger partial charge in [0.2, 0.25) is 5.91 Å². The summed E-state index contributed by atoms with van der Waals surface area (Å²) in [6.45, 7) is 6.38. The zero-order chi connectivity index (χ0) is 17.0. The fourth-order valence-corrected chi connectivity index (χ4v) is 2.90. The van der Waals surface area contributed by atoms with Crippen LogP contribution in [0.15, 0.2) is 24.3 Å². The summed E-state index contributed by atoms with van der Waals surface area (Å²) >= 11 is 0. The van der Waals surface area contributed by atoms with Crippen molar-refractivity contribution in [2.45, 2.75) is 51.6 Å². The van der Waals surface area contributed by atoms with Crippen molar-refractivity contribution < 1.29 is 14.6 Å². The molecule has 4 nitrogen and oxygen atoms in total. The smallest absolute Gasteiger partial charge is 0.223 e. The van der Waals surface area contributed by atoms with Crippen LogP contribution in [0.4, 0.5) is 0 Å². The van der Waals surface area contributed by atoms with Crippen LogP contribution in [0, 0.1) is 11.8 Å². The zero-order valence-electron chi connectivity index (χ0n) is 14.6. The SMILES string of the molecule is COc1ccccc1C1CC1C(=O)NCC(C)(O)CCC(C)C. The van der Waals surface area contributed by atoms with Crippen molar-refractivity contribution in [1.29, 1.82) is 0 Å². The number of carbonyl (C=O) groups excluding carboxylic acids is 1. The van der Waals surface area contributed by atoms with Crippen LogP contribution in [0.2, 0.25) is 0 Å². The quantitative estimate of drug-likeness (QED) is 0.774. The molecule has 1 aromatic rings. The van der Waals surface area contributed by atoms with E-state index in [0.717, 1.165) is 24.2 Å². The van der Waals surface area contributed by atoms with Crippen molar-refractivity contribution >= 4 is 5.91 Å². The molecule has 2 rings (SSSR count). The lowest BCUT2D eigenvalue weighted by Gasteiger charge is -2.24. The Hall–Kier alpha value is -1.55. The number of methoxy groups -OCH3 is 1. The number of para-hydroxylation sites is 1. The molecule has 3 unspecified atom stereocenters. The van der Waals surface area contributed by atoms with Crippen molar-refractivity contribution in [3.8, 4) is 5.75 Å². The second-order valence-electron chi connectivity index (χ2n) is 7.34. The molecule has 0 saturated heterocycles. The molecule has 1 fully saturated rings. The molecule has 2 N–H and O–H groups in total. The molecule has 1 saturated carbocycles. The maximum absolute atomic E-state index is 12.3. The molecule has 0 heterocycles. The molecular formula is C19H29NO3. The highest BCUT2D eigenvalue weighted by atomic mass is 16.5. The highest BCUT2D eigenvalue weighted by Gasteiger charge is 2.45. The molecule has 1 aliphatic rings. The third-order valence-electron chi connectivity index (χ3n) is 4.57. The van der Waals surface area contributed by atoms with Gasteiger partial charge in [0.25, 0.3) is 0 Å². The van der Waals surface area contributed by atoms with E-state index in [1.54, 1.807) is 14.0 Å². The highest BCUT2D eigenvalue weighted by molar-refractivity contribution is 5.83. The van der Waals surface area contributed by atoms with Crippen LogP contribution in [-0.2, 0) is 4.79 Å². The number of nitrogens with one attached hydrogen (secondary N) is 1. The Kier molecular flexibility index (Phi) is 5.69. The van der Waals surface area contributed by atoms with E-state index in [1.807, 2.05) is 24.3 Å². The summed E-state index contributed by atoms with van der Waals surface area (Å²) in [5.41, 5.74) is 0.260. The Bertz CT molecular complexity index is 539. The Balaban J connectivity index is 1.84. The molecule has 128 valence electrons. The lowest BCUT2D eigenvalue weighted by atomic mass is 9.95. The maximum atomic E-state index is 12.3. The van der Waals surface area contributed by atoms with E-state index in [4.69, 9.17) is 4.74 Å². The van der Waals surface area contributed by atoms with Crippen LogP contribution in [-0.4, -0.2) is 30.3 Å². The van der Waals surface area contributed by atoms with Gasteiger partial charge in [0, 0.05) is 12.5 Å². The summed E-state index contributed by atoms with van der Waals surface area (Å²) in [7, 11) is 1.65. The molecule has 4 heteroatoms. The van der Waals surface area contributed by atoms with Gasteiger partial charge in [-0.25, -0.2) is 0 Å². The molecule has 1 amide bonds. The van der Waals surface area contributed by atoms with Crippen molar-refractivity contribution in [2.75, 3.05) is 13.7 Å². The van der Waals surface area contributed by atoms with E-state index in [9.17, 15) is 9.90 Å². The van der Waals surface area contributed by atoms with E-state index in [1.165, 1.54) is 0 Å². The largest absolute Gasteiger partial charge is 0.496 e. The summed E-state index contributed by atoms with van der Waals surface area (Å²) < 4.78 is 5.37. The average molecular weight is 319 g/mol. The minimum absolute atomic E-state index is 0.00722. The number of rotatable bonds is 8. The molecule has 1 aromatic carbocycles. The fourth-order valence-electron chi connectivity index (χ4n) is 2.90. The predicted octanol–water partition coefficient (Wildman–Crippen LogP) is 3.10. The standard InChI is InChI=1S/C19H29NO3/c1-13(2)9-10-19(3,22)12-20-18(21)16-11-15(16)14-7-5-6-8-17(14)23-4/h5-8,13,15-16,22H,9-12H2,1-4H3,(H,20,21). The van der Waals surface area contributed by atoms with E-state index in [2.05, 4.69) is 19.2 Å². The number of benzene rings is 1. The number of hydrogen-bond donors (Lipinski definition) is 2. The van der Waals surface area contributed by atoms with E-state index in [0.29, 0.717) is 18.9 Å². The zero-order valence-corrected chi connectivity index (χ0v) is 14.6. The van der Waals surface area contributed by atoms with Crippen LogP contribution in [0.1, 0.15) is 51.5 Å². The van der Waals surface area contributed by atoms with Crippen LogP contribution in [0.25, 0.3) is 0 Å². The summed E-state index contributed by atoms with van der Waals surface area (Å²) in [6.07, 6.45) is 2.50. The van der Waals surface area contributed by atoms with Crippen LogP contribution < -0.4 is 10.1 Å². The van der Waals surface area contributed by atoms with Gasteiger partial charge in [-0.3, -0.25) is 4.79 Å². The molecule has 3 atom stereocenters. The summed E-state index contributed by atoms with van der Waals surface area (Å²) in [4.78, 5) is 12.3. The molecule has 1 aliphatic carbocycles. The van der Waals surface area contributed by atoms with Gasteiger partial charge in [0.05, 0.1) is 12.7 Å². The van der Waals surface area contributed by atoms with Gasteiger partial charge in [0.1, 0.15) is 5.75 Å². The summed E-state index contributed by atoms with van der Waals surface area (Å²) in [5.74, 6) is 1.65. The first-order valence-electron chi connectivity index (χ1n) is 8.47. The number of amides is 1. The molecule has 0 spiro atoms. The number of carbonyl (C=O) groups is 1. The molecular weight excluding hydrogens is 290 g/mol. The predicted molar refractivity (Wildman–Crippen MR) is 91.5 cm³/mol. The Morgan fingerprint density at radius 2 is 2.13 bits per heavy atom. The monoisotopic (exact) mass is 319 g/mol. The van der Waals surface area contributed by atoms with Crippen molar-refractivity contribution in [3.63, 3.8) is 0 Å². The second-order valence-corrected chi connectivity index (χ2v) is 7.34. The highest BCUT2D eigenvalue weighted by Crippen LogP contribution is 2.50. The van der Waals surface area contributed by atoms with Crippen molar-refractivity contribution in [2.24, 2.45) is 11.8 Å². The van der Waals surface area contributed by atoms with Gasteiger partial charge < -0.3 is 15.2 Å². The van der Waals surface area contributed by atoms with Crippen molar-refractivity contribution in [1.82, 2.24) is 5.32 Å². The van der Waals surface area contributed by atoms with E-state index in [-0.39, 0.29) is 17.7 Å². The average Bonchev–Trinajstić information content (AvgIpc) is 3.31. The molecule has 0 aromatic heterocycles. The summed E-state index contributed by atoms with van der Waals surface area (Å²) in [6, 6.07) is 7.86. The topological polar surface area (TPSA) is 58.6 Å². The number of aliphatic hydroxyl groups is 1. The van der Waals surface area contributed by atoms with E-state index >= 15 is 0 Å². The minimum atomic E-state index is -0.839. The van der Waals surface area contributed by atoms with Crippen LogP contribution >= 0.6 is 0 Å². The van der Waals surface area contributed by atoms with Gasteiger partial charge in [0.15, 0.2) is 0 Å². The third-order valence-corrected chi connectivity index (χ3v) is 4.57. The first-order valence-corrected chi connectivity index (χ1v) is 8.47. The number of hydrogen-bond acceptors (Lipinski definition) is 3. The van der Waals surface area contributed by atoms with Gasteiger partial charge in [-0.1, -0.05) is 32.0 Å². The molecule has 23 heavy (non-hydrogen) atoms. The minimum Gasteiger partial charge on any atom is -0.496 e. The first-order chi connectivity index (χ1) is 10.8. The Labute approximate surface area is 139 Å². The molecule has 0 bridgehead atoms. The van der Waals surface area contributed by atoms with E-state index < -0.39 is 5.60 Å². The normalized spacial score (nSPS) is 22.5. The Morgan fingerprint density at radius 3 is 2.78 bits per heavy atom. The van der Waals surface area contributed by atoms with Gasteiger partial charge in [-0.05, 0) is 49.7 Å². The van der Waals surface area contributed by atoms with Gasteiger partial charge in [-0.2, -0.15) is 0 Å². The third kappa shape index (κ3) is 4.96. The van der Waals surface area contributed by atoms with Crippen molar-refractivity contribution in [3.05, 3.63) is 29.8 Å². The second kappa shape index (κ2) is 7.35. The lowest BCUT2D eigenvalue weighted by molar-refractivity contribution is -0.123. The van der Waals surface area contributed by atoms with Crippen LogP contribution in [0.3, 0.4) is 0 Å².